The maximum atomic E-state index is 7.10. The van der Waals surface area contributed by atoms with Gasteiger partial charge in [-0.1, -0.05) is 188 Å². The highest BCUT2D eigenvalue weighted by atomic mass is 32.1. The second-order valence-electron chi connectivity index (χ2n) is 17.2. The first kappa shape index (κ1) is 38.9. The molecule has 13 aromatic rings. The SMILES string of the molecule is c1ccc(-c2ccc(N(c3cc(-c4ccc(-c5cc(-c6ccccc6)cc(-c6ccccc6)c5)cc4)c4oc5c6ccccc6ccc5c4c3)c3cccc4c3sc3ccccc34)cc2)cc1. The van der Waals surface area contributed by atoms with Gasteiger partial charge in [-0.15, -0.1) is 11.3 Å². The van der Waals surface area contributed by atoms with E-state index in [1.54, 1.807) is 0 Å². The number of hydrogen-bond acceptors (Lipinski definition) is 3. The third-order valence-corrected chi connectivity index (χ3v) is 14.4. The van der Waals surface area contributed by atoms with Crippen LogP contribution in [0.25, 0.3) is 109 Å². The van der Waals surface area contributed by atoms with Crippen LogP contribution >= 0.6 is 11.3 Å². The predicted octanol–water partition coefficient (Wildman–Crippen LogP) is 18.9. The average Bonchev–Trinajstić information content (AvgIpc) is 3.99. The summed E-state index contributed by atoms with van der Waals surface area (Å²) in [4.78, 5) is 2.45. The molecule has 2 heterocycles. The summed E-state index contributed by atoms with van der Waals surface area (Å²) in [7, 11) is 0. The van der Waals surface area contributed by atoms with Crippen molar-refractivity contribution in [2.24, 2.45) is 0 Å². The lowest BCUT2D eigenvalue weighted by Crippen LogP contribution is -2.10. The van der Waals surface area contributed by atoms with Crippen molar-refractivity contribution >= 4 is 81.3 Å². The van der Waals surface area contributed by atoms with Crippen LogP contribution in [-0.2, 0) is 0 Å². The Labute approximate surface area is 392 Å². The van der Waals surface area contributed by atoms with Gasteiger partial charge in [0.1, 0.15) is 11.2 Å². The summed E-state index contributed by atoms with van der Waals surface area (Å²) in [5.74, 6) is 0. The van der Waals surface area contributed by atoms with E-state index in [1.165, 1.54) is 59.1 Å². The zero-order valence-corrected chi connectivity index (χ0v) is 37.3. The maximum absolute atomic E-state index is 7.10. The molecule has 0 fully saturated rings. The van der Waals surface area contributed by atoms with Crippen molar-refractivity contribution in [2.75, 3.05) is 4.90 Å². The molecule has 2 nitrogen and oxygen atoms in total. The van der Waals surface area contributed by atoms with E-state index in [0.29, 0.717) is 0 Å². The molecule has 0 aliphatic rings. The first-order valence-corrected chi connectivity index (χ1v) is 23.6. The van der Waals surface area contributed by atoms with Crippen molar-refractivity contribution in [3.63, 3.8) is 0 Å². The van der Waals surface area contributed by atoms with Gasteiger partial charge in [0.15, 0.2) is 0 Å². The lowest BCUT2D eigenvalue weighted by molar-refractivity contribution is 0.674. The monoisotopic (exact) mass is 871 g/mol. The Bertz CT molecular complexity index is 3890. The van der Waals surface area contributed by atoms with Gasteiger partial charge in [-0.25, -0.2) is 0 Å². The Morgan fingerprint density at radius 3 is 1.49 bits per heavy atom. The molecule has 0 atom stereocenters. The number of fused-ring (bicyclic) bond motifs is 8. The molecule has 314 valence electrons. The van der Waals surface area contributed by atoms with E-state index in [-0.39, 0.29) is 0 Å². The fourth-order valence-corrected chi connectivity index (χ4v) is 11.1. The molecule has 0 aliphatic carbocycles. The summed E-state index contributed by atoms with van der Waals surface area (Å²) < 4.78 is 9.62. The van der Waals surface area contributed by atoms with Gasteiger partial charge in [-0.3, -0.25) is 0 Å². The molecular formula is C64H41NOS. The third-order valence-electron chi connectivity index (χ3n) is 13.2. The fourth-order valence-electron chi connectivity index (χ4n) is 9.93. The van der Waals surface area contributed by atoms with Gasteiger partial charge in [0, 0.05) is 48.6 Å². The average molecular weight is 872 g/mol. The van der Waals surface area contributed by atoms with Crippen LogP contribution in [0, 0.1) is 0 Å². The van der Waals surface area contributed by atoms with E-state index in [4.69, 9.17) is 4.42 Å². The highest BCUT2D eigenvalue weighted by Gasteiger charge is 2.23. The van der Waals surface area contributed by atoms with Gasteiger partial charge >= 0.3 is 0 Å². The molecule has 11 aromatic carbocycles. The molecule has 0 aliphatic heterocycles. The molecule has 0 saturated carbocycles. The summed E-state index contributed by atoms with van der Waals surface area (Å²) in [6.07, 6.45) is 0. The minimum atomic E-state index is 0.875. The van der Waals surface area contributed by atoms with E-state index in [1.807, 2.05) is 11.3 Å². The zero-order valence-electron chi connectivity index (χ0n) is 36.4. The van der Waals surface area contributed by atoms with Crippen LogP contribution in [0.5, 0.6) is 0 Å². The van der Waals surface area contributed by atoms with Crippen LogP contribution in [0.2, 0.25) is 0 Å². The quantitative estimate of drug-likeness (QED) is 0.151. The van der Waals surface area contributed by atoms with Crippen LogP contribution in [0.15, 0.2) is 253 Å². The lowest BCUT2D eigenvalue weighted by atomic mass is 9.92. The molecular weight excluding hydrogens is 831 g/mol. The van der Waals surface area contributed by atoms with Gasteiger partial charge in [0.2, 0.25) is 0 Å². The Balaban J connectivity index is 1.03. The van der Waals surface area contributed by atoms with Crippen LogP contribution in [0.3, 0.4) is 0 Å². The molecule has 0 saturated heterocycles. The molecule has 0 amide bonds. The first-order chi connectivity index (χ1) is 33.2. The van der Waals surface area contributed by atoms with Crippen LogP contribution in [0.1, 0.15) is 0 Å². The van der Waals surface area contributed by atoms with Gasteiger partial charge in [0.05, 0.1) is 10.4 Å². The van der Waals surface area contributed by atoms with Gasteiger partial charge in [-0.05, 0) is 116 Å². The van der Waals surface area contributed by atoms with Crippen molar-refractivity contribution in [3.05, 3.63) is 249 Å². The molecule has 0 radical (unpaired) electrons. The van der Waals surface area contributed by atoms with E-state index in [0.717, 1.165) is 66.5 Å². The number of hydrogen-bond donors (Lipinski definition) is 0. The second-order valence-corrected chi connectivity index (χ2v) is 18.3. The number of nitrogens with zero attached hydrogens (tertiary/aromatic N) is 1. The molecule has 0 spiro atoms. The van der Waals surface area contributed by atoms with Crippen molar-refractivity contribution in [1.82, 2.24) is 0 Å². The fraction of sp³-hybridized carbons (Fsp3) is 0. The van der Waals surface area contributed by atoms with Crippen molar-refractivity contribution in [2.45, 2.75) is 0 Å². The largest absolute Gasteiger partial charge is 0.455 e. The summed E-state index contributed by atoms with van der Waals surface area (Å²) in [5, 5.41) is 6.97. The minimum Gasteiger partial charge on any atom is -0.455 e. The Kier molecular flexibility index (Phi) is 9.40. The lowest BCUT2D eigenvalue weighted by Gasteiger charge is -2.27. The van der Waals surface area contributed by atoms with E-state index < -0.39 is 0 Å². The number of furan rings is 1. The van der Waals surface area contributed by atoms with E-state index in [2.05, 4.69) is 254 Å². The van der Waals surface area contributed by atoms with Crippen molar-refractivity contribution < 1.29 is 4.42 Å². The number of rotatable bonds is 8. The molecule has 13 rings (SSSR count). The molecule has 0 N–H and O–H groups in total. The van der Waals surface area contributed by atoms with Gasteiger partial charge in [-0.2, -0.15) is 0 Å². The number of anilines is 3. The predicted molar refractivity (Wildman–Crippen MR) is 286 cm³/mol. The second kappa shape index (κ2) is 16.2. The van der Waals surface area contributed by atoms with Gasteiger partial charge in [0.25, 0.3) is 0 Å². The summed E-state index contributed by atoms with van der Waals surface area (Å²) >= 11 is 1.85. The molecule has 3 heteroatoms. The molecule has 0 unspecified atom stereocenters. The highest BCUT2D eigenvalue weighted by molar-refractivity contribution is 7.26. The molecule has 0 bridgehead atoms. The number of benzene rings is 11. The van der Waals surface area contributed by atoms with Crippen molar-refractivity contribution in [3.8, 4) is 55.6 Å². The molecule has 67 heavy (non-hydrogen) atoms. The van der Waals surface area contributed by atoms with E-state index >= 15 is 0 Å². The van der Waals surface area contributed by atoms with Crippen LogP contribution < -0.4 is 4.90 Å². The molecule has 2 aromatic heterocycles. The van der Waals surface area contributed by atoms with Gasteiger partial charge < -0.3 is 9.32 Å². The number of thiophene rings is 1. The summed E-state index contributed by atoms with van der Waals surface area (Å²) in [5.41, 5.74) is 16.6. The zero-order chi connectivity index (χ0) is 44.3. The van der Waals surface area contributed by atoms with Crippen molar-refractivity contribution in [1.29, 1.82) is 0 Å². The Morgan fingerprint density at radius 2 is 0.821 bits per heavy atom. The summed E-state index contributed by atoms with van der Waals surface area (Å²) in [6, 6.07) is 90.1. The maximum Gasteiger partial charge on any atom is 0.143 e. The minimum absolute atomic E-state index is 0.875. The highest BCUT2D eigenvalue weighted by Crippen LogP contribution is 2.49. The normalized spacial score (nSPS) is 11.6. The topological polar surface area (TPSA) is 16.4 Å². The Hall–Kier alpha value is -8.50. The van der Waals surface area contributed by atoms with Crippen LogP contribution in [-0.4, -0.2) is 0 Å². The first-order valence-electron chi connectivity index (χ1n) is 22.8. The Morgan fingerprint density at radius 1 is 0.299 bits per heavy atom. The third kappa shape index (κ3) is 6.88. The summed E-state index contributed by atoms with van der Waals surface area (Å²) in [6.45, 7) is 0. The van der Waals surface area contributed by atoms with E-state index in [9.17, 15) is 0 Å². The van der Waals surface area contributed by atoms with Crippen LogP contribution in [0.4, 0.5) is 17.1 Å². The standard InChI is InChI=1S/C64H41NOS/c1-4-15-42(16-5-1)45-31-34-52(35-32-45)65(60-25-14-24-57-55-23-12-13-26-61(55)67-64(57)60)53-40-58(63-59(41-53)56-36-33-47-21-10-11-22-54(47)62(56)66-63)48-29-27-46(28-30-48)51-38-49(43-17-6-2-7-18-43)37-50(39-51)44-19-8-3-9-20-44/h1-41H. The smallest absolute Gasteiger partial charge is 0.143 e.